The van der Waals surface area contributed by atoms with Gasteiger partial charge < -0.3 is 0 Å². The molecule has 6 nitrogen and oxygen atoms in total. The molecule has 4 aromatic heterocycles. The van der Waals surface area contributed by atoms with E-state index in [1.807, 2.05) is 60.7 Å². The number of hydrogen-bond acceptors (Lipinski definition) is 6. The highest BCUT2D eigenvalue weighted by Gasteiger charge is 2.25. The summed E-state index contributed by atoms with van der Waals surface area (Å²) in [6.45, 7) is 0. The molecule has 0 radical (unpaired) electrons. The Morgan fingerprint density at radius 2 is 0.341 bits per heavy atom. The Morgan fingerprint density at radius 1 is 0.106 bits per heavy atom. The fourth-order valence-corrected chi connectivity index (χ4v) is 20.2. The minimum Gasteiger partial charge on any atom is -0.248 e. The third-order valence-electron chi connectivity index (χ3n) is 26.5. The third-order valence-corrected chi connectivity index (χ3v) is 26.5. The van der Waals surface area contributed by atoms with Crippen LogP contribution in [0.2, 0.25) is 0 Å². The van der Waals surface area contributed by atoms with E-state index in [9.17, 15) is 0 Å². The summed E-state index contributed by atoms with van der Waals surface area (Å²) in [5.41, 5.74) is 24.5. The molecule has 0 saturated heterocycles. The molecule has 612 valence electrons. The predicted octanol–water partition coefficient (Wildman–Crippen LogP) is 33.6. The summed E-state index contributed by atoms with van der Waals surface area (Å²) < 4.78 is 0. The van der Waals surface area contributed by atoms with E-state index in [0.717, 1.165) is 139 Å². The van der Waals surface area contributed by atoms with Crippen LogP contribution >= 0.6 is 0 Å². The van der Waals surface area contributed by atoms with Crippen LogP contribution in [0.1, 0.15) is 0 Å². The second kappa shape index (κ2) is 32.4. The average Bonchev–Trinajstić information content (AvgIpc) is 0.725. The van der Waals surface area contributed by atoms with Crippen molar-refractivity contribution in [3.8, 4) is 135 Å². The molecule has 0 atom stereocenters. The molecule has 0 amide bonds. The Labute approximate surface area is 762 Å². The van der Waals surface area contributed by atoms with Gasteiger partial charge in [0.25, 0.3) is 0 Å². The largest absolute Gasteiger partial charge is 0.248 e. The van der Waals surface area contributed by atoms with Crippen LogP contribution in [0.3, 0.4) is 0 Å². The summed E-state index contributed by atoms with van der Waals surface area (Å²) in [6.07, 6.45) is 0. The second-order valence-corrected chi connectivity index (χ2v) is 34.2. The van der Waals surface area contributed by atoms with Gasteiger partial charge in [0.2, 0.25) is 0 Å². The smallest absolute Gasteiger partial charge is 0.164 e. The molecule has 0 unspecified atom stereocenters. The lowest BCUT2D eigenvalue weighted by atomic mass is 9.87. The molecule has 22 aromatic carbocycles. The molecule has 0 fully saturated rings. The Hall–Kier alpha value is -17.6. The van der Waals surface area contributed by atoms with Crippen LogP contribution in [0, 0.1) is 0 Å². The second-order valence-electron chi connectivity index (χ2n) is 34.2. The molecule has 0 aliphatic heterocycles. The summed E-state index contributed by atoms with van der Waals surface area (Å²) in [7, 11) is 0. The molecule has 0 spiro atoms. The molecular weight excluding hydrogens is 1600 g/mol. The highest BCUT2D eigenvalue weighted by Crippen LogP contribution is 2.49. The topological polar surface area (TPSA) is 77.3 Å². The zero-order valence-corrected chi connectivity index (χ0v) is 71.7. The van der Waals surface area contributed by atoms with Gasteiger partial charge in [0.15, 0.2) is 17.5 Å². The van der Waals surface area contributed by atoms with Crippen molar-refractivity contribution in [2.75, 3.05) is 0 Å². The molecule has 132 heavy (non-hydrogen) atoms. The van der Waals surface area contributed by atoms with Gasteiger partial charge in [-0.15, -0.1) is 0 Å². The predicted molar refractivity (Wildman–Crippen MR) is 555 cm³/mol. The van der Waals surface area contributed by atoms with Crippen molar-refractivity contribution in [2.24, 2.45) is 0 Å². The number of benzene rings is 22. The first kappa shape index (κ1) is 76.8. The van der Waals surface area contributed by atoms with Crippen molar-refractivity contribution < 1.29 is 0 Å². The van der Waals surface area contributed by atoms with Crippen molar-refractivity contribution in [2.45, 2.75) is 0 Å². The van der Waals surface area contributed by atoms with Crippen molar-refractivity contribution in [3.63, 3.8) is 0 Å². The highest BCUT2D eigenvalue weighted by molar-refractivity contribution is 6.25. The average molecular weight is 1680 g/mol. The molecule has 0 saturated carbocycles. The molecule has 0 N–H and O–H groups in total. The number of aromatic nitrogens is 6. The zero-order chi connectivity index (χ0) is 87.1. The van der Waals surface area contributed by atoms with Crippen LogP contribution in [0.25, 0.3) is 264 Å². The van der Waals surface area contributed by atoms with E-state index in [0.29, 0.717) is 17.5 Å². The van der Waals surface area contributed by atoms with Crippen molar-refractivity contribution in [1.82, 2.24) is 29.9 Å². The third kappa shape index (κ3) is 13.6. The van der Waals surface area contributed by atoms with Gasteiger partial charge in [-0.05, 0) is 213 Å². The zero-order valence-electron chi connectivity index (χ0n) is 71.7. The maximum absolute atomic E-state index is 5.71. The molecule has 26 rings (SSSR count). The van der Waals surface area contributed by atoms with Gasteiger partial charge in [0.1, 0.15) is 0 Å². The van der Waals surface area contributed by atoms with E-state index in [-0.39, 0.29) is 0 Å². The number of nitrogens with zero attached hydrogens (tertiary/aromatic N) is 6. The standard InChI is InChI=1S/C64H40N2.C62H38N4/c1-3-17-43(18-4-1)61-37-47(38-62(65-61)44-19-5-2-6-20-44)41-31-33-42(34-32-41)56-39-60-58(57-35-45-21-7-9-23-48(45)50-25-11-13-27-52(50)57)40-63(66-64(60)55-30-16-15-29-54(55)56)59-36-46-22-8-10-24-49(46)51-26-12-14-28-53(51)59;1-3-17-40(18-4-1)60-64-61(41-19-5-2-6-20-41)66-62(65-60)42-33-31-39(32-34-42)53-37-57-55(54-35-43-21-7-9-23-45(43)47-25-11-13-27-49(47)54)38-58(63-59(57)52-30-16-15-29-51(52)53)56-36-44-22-8-10-24-46(44)48-26-12-14-28-50(48)56/h1-40H;1-38H. The van der Waals surface area contributed by atoms with Gasteiger partial charge in [-0.1, -0.05) is 413 Å². The number of rotatable bonds is 12. The van der Waals surface area contributed by atoms with Crippen LogP contribution in [0.15, 0.2) is 473 Å². The lowest BCUT2D eigenvalue weighted by molar-refractivity contribution is 1.07. The van der Waals surface area contributed by atoms with E-state index in [1.54, 1.807) is 0 Å². The van der Waals surface area contributed by atoms with Gasteiger partial charge in [0.05, 0.1) is 33.8 Å². The SMILES string of the molecule is c1ccc(-c2cc(-c3ccc(-c4cc5c(-c6cc7ccccc7c7ccccc67)cc(-c6cc7ccccc7c7ccccc67)nc5c5ccccc45)cc3)cc(-c3ccccc3)n2)cc1.c1ccc(-c2nc(-c3ccccc3)nc(-c3ccc(-c4cc5c(-c6cc7ccccc7c7ccccc67)cc(-c6cc7ccccc7c7ccccc67)nc5c5ccccc45)cc3)n2)cc1. The van der Waals surface area contributed by atoms with Crippen LogP contribution in [-0.2, 0) is 0 Å². The first-order chi connectivity index (χ1) is 65.4. The summed E-state index contributed by atoms with van der Waals surface area (Å²) in [4.78, 5) is 31.5. The summed E-state index contributed by atoms with van der Waals surface area (Å²) >= 11 is 0. The van der Waals surface area contributed by atoms with E-state index in [2.05, 4.69) is 413 Å². The molecular formula is C126H78N6. The van der Waals surface area contributed by atoms with E-state index in [4.69, 9.17) is 29.9 Å². The lowest BCUT2D eigenvalue weighted by Gasteiger charge is -2.19. The monoisotopic (exact) mass is 1670 g/mol. The summed E-state index contributed by atoms with van der Waals surface area (Å²) in [6, 6.07) is 170. The Morgan fingerprint density at radius 3 is 0.674 bits per heavy atom. The fourth-order valence-electron chi connectivity index (χ4n) is 20.2. The first-order valence-corrected chi connectivity index (χ1v) is 45.0. The lowest BCUT2D eigenvalue weighted by Crippen LogP contribution is -2.00. The number of pyridine rings is 3. The molecule has 0 bridgehead atoms. The van der Waals surface area contributed by atoms with Gasteiger partial charge in [0, 0.05) is 60.5 Å². The molecule has 0 aliphatic rings. The quantitative estimate of drug-likeness (QED) is 0.113. The van der Waals surface area contributed by atoms with E-state index >= 15 is 0 Å². The molecule has 4 heterocycles. The number of hydrogen-bond donors (Lipinski definition) is 0. The molecule has 26 aromatic rings. The van der Waals surface area contributed by atoms with Crippen molar-refractivity contribution in [1.29, 1.82) is 0 Å². The maximum Gasteiger partial charge on any atom is 0.164 e. The fraction of sp³-hybridized carbons (Fsp3) is 0. The minimum atomic E-state index is 0.626. The number of fused-ring (bicyclic) bond motifs is 18. The van der Waals surface area contributed by atoms with Gasteiger partial charge in [-0.3, -0.25) is 0 Å². The Bertz CT molecular complexity index is 8470. The van der Waals surface area contributed by atoms with Crippen LogP contribution in [-0.4, -0.2) is 29.9 Å². The minimum absolute atomic E-state index is 0.626. The Balaban J connectivity index is 0.000000142. The van der Waals surface area contributed by atoms with Crippen molar-refractivity contribution in [3.05, 3.63) is 473 Å². The summed E-state index contributed by atoms with van der Waals surface area (Å²) in [5, 5.41) is 26.3. The van der Waals surface area contributed by atoms with Crippen LogP contribution in [0.5, 0.6) is 0 Å². The van der Waals surface area contributed by atoms with E-state index < -0.39 is 0 Å². The normalized spacial score (nSPS) is 11.6. The van der Waals surface area contributed by atoms with Gasteiger partial charge in [-0.25, -0.2) is 29.9 Å². The van der Waals surface area contributed by atoms with Crippen LogP contribution < -0.4 is 0 Å². The summed E-state index contributed by atoms with van der Waals surface area (Å²) in [5.74, 6) is 1.91. The highest BCUT2D eigenvalue weighted by atomic mass is 15.0. The Kier molecular flexibility index (Phi) is 18.8. The molecule has 6 heteroatoms. The maximum atomic E-state index is 5.71. The van der Waals surface area contributed by atoms with Crippen molar-refractivity contribution >= 4 is 130 Å². The van der Waals surface area contributed by atoms with Gasteiger partial charge >= 0.3 is 0 Å². The first-order valence-electron chi connectivity index (χ1n) is 45.0. The molecule has 0 aliphatic carbocycles. The van der Waals surface area contributed by atoms with Gasteiger partial charge in [-0.2, -0.15) is 0 Å². The van der Waals surface area contributed by atoms with Crippen LogP contribution in [0.4, 0.5) is 0 Å². The van der Waals surface area contributed by atoms with E-state index in [1.165, 1.54) is 108 Å².